The van der Waals surface area contributed by atoms with Gasteiger partial charge in [0.1, 0.15) is 5.76 Å². The Morgan fingerprint density at radius 3 is 2.81 bits per heavy atom. The average molecular weight is 217 g/mol. The number of nitrogens with zero attached hydrogens (tertiary/aromatic N) is 1. The van der Waals surface area contributed by atoms with Crippen molar-refractivity contribution in [1.82, 2.24) is 5.16 Å². The number of hydrogen-bond acceptors (Lipinski definition) is 4. The first-order valence-electron chi connectivity index (χ1n) is 5.23. The summed E-state index contributed by atoms with van der Waals surface area (Å²) in [4.78, 5) is 0. The van der Waals surface area contributed by atoms with Gasteiger partial charge in [0.15, 0.2) is 5.82 Å². The highest BCUT2D eigenvalue weighted by Crippen LogP contribution is 2.29. The Balaban J connectivity index is 2.44. The molecule has 2 aromatic rings. The van der Waals surface area contributed by atoms with E-state index in [1.54, 1.807) is 0 Å². The molecule has 84 valence electrons. The van der Waals surface area contributed by atoms with Gasteiger partial charge >= 0.3 is 0 Å². The van der Waals surface area contributed by atoms with Crippen LogP contribution >= 0.6 is 0 Å². The lowest BCUT2D eigenvalue weighted by molar-refractivity contribution is 0.401. The van der Waals surface area contributed by atoms with Crippen molar-refractivity contribution < 1.29 is 4.52 Å². The van der Waals surface area contributed by atoms with Crippen LogP contribution in [-0.2, 0) is 6.42 Å². The van der Waals surface area contributed by atoms with Gasteiger partial charge in [0, 0.05) is 0 Å². The molecule has 1 aromatic carbocycles. The van der Waals surface area contributed by atoms with E-state index in [0.29, 0.717) is 12.4 Å². The summed E-state index contributed by atoms with van der Waals surface area (Å²) >= 11 is 0. The molecule has 0 unspecified atom stereocenters. The maximum absolute atomic E-state index is 5.77. The number of nitrogens with two attached hydrogens (primary N) is 2. The van der Waals surface area contributed by atoms with Crippen molar-refractivity contribution in [1.29, 1.82) is 0 Å². The lowest BCUT2D eigenvalue weighted by Crippen LogP contribution is -2.02. The van der Waals surface area contributed by atoms with E-state index < -0.39 is 0 Å². The van der Waals surface area contributed by atoms with E-state index in [9.17, 15) is 0 Å². The monoisotopic (exact) mass is 217 g/mol. The summed E-state index contributed by atoms with van der Waals surface area (Å²) in [7, 11) is 0. The van der Waals surface area contributed by atoms with Gasteiger partial charge in [-0.1, -0.05) is 29.4 Å². The van der Waals surface area contributed by atoms with Crippen LogP contribution in [0.5, 0.6) is 0 Å². The molecule has 0 amide bonds. The molecule has 0 spiro atoms. The molecule has 2 rings (SSSR count). The minimum atomic E-state index is 0.433. The number of aryl methyl sites for hydroxylation is 1. The van der Waals surface area contributed by atoms with Crippen LogP contribution in [0.1, 0.15) is 11.3 Å². The molecule has 1 heterocycles. The number of nitrogen functional groups attached to an aromatic ring is 1. The Morgan fingerprint density at radius 2 is 2.19 bits per heavy atom. The van der Waals surface area contributed by atoms with Crippen molar-refractivity contribution in [2.24, 2.45) is 5.73 Å². The van der Waals surface area contributed by atoms with Crippen LogP contribution in [0.4, 0.5) is 5.82 Å². The lowest BCUT2D eigenvalue weighted by atomic mass is 10.0. The van der Waals surface area contributed by atoms with Crippen molar-refractivity contribution in [2.75, 3.05) is 12.3 Å². The van der Waals surface area contributed by atoms with E-state index in [1.165, 1.54) is 5.56 Å². The highest BCUT2D eigenvalue weighted by atomic mass is 16.5. The molecule has 0 atom stereocenters. The minimum absolute atomic E-state index is 0.433. The summed E-state index contributed by atoms with van der Waals surface area (Å²) in [5, 5.41) is 3.75. The number of hydrogen-bond donors (Lipinski definition) is 2. The highest BCUT2D eigenvalue weighted by Gasteiger charge is 2.12. The standard InChI is InChI=1S/C12H15N3O/c1-8-11(12(14)15-16-8)10-4-2-3-9(7-10)5-6-13/h2-4,7H,5-6,13H2,1H3,(H2,14,15). The fourth-order valence-electron chi connectivity index (χ4n) is 1.79. The van der Waals surface area contributed by atoms with E-state index in [4.69, 9.17) is 16.0 Å². The molecule has 0 radical (unpaired) electrons. The molecule has 16 heavy (non-hydrogen) atoms. The molecular formula is C12H15N3O. The Kier molecular flexibility index (Phi) is 2.92. The number of anilines is 1. The first-order valence-corrected chi connectivity index (χ1v) is 5.23. The van der Waals surface area contributed by atoms with Crippen LogP contribution in [-0.4, -0.2) is 11.7 Å². The third kappa shape index (κ3) is 1.92. The molecule has 4 nitrogen and oxygen atoms in total. The zero-order chi connectivity index (χ0) is 11.5. The van der Waals surface area contributed by atoms with Gasteiger partial charge in [-0.3, -0.25) is 0 Å². The molecule has 0 fully saturated rings. The van der Waals surface area contributed by atoms with Crippen LogP contribution in [0.2, 0.25) is 0 Å². The van der Waals surface area contributed by atoms with Crippen molar-refractivity contribution in [3.05, 3.63) is 35.6 Å². The molecule has 1 aromatic heterocycles. The van der Waals surface area contributed by atoms with E-state index in [1.807, 2.05) is 19.1 Å². The minimum Gasteiger partial charge on any atom is -0.380 e. The van der Waals surface area contributed by atoms with Gasteiger partial charge in [-0.15, -0.1) is 0 Å². The van der Waals surface area contributed by atoms with E-state index in [0.717, 1.165) is 23.3 Å². The Labute approximate surface area is 94.2 Å². The zero-order valence-electron chi connectivity index (χ0n) is 9.23. The molecular weight excluding hydrogens is 202 g/mol. The predicted molar refractivity (Wildman–Crippen MR) is 63.8 cm³/mol. The summed E-state index contributed by atoms with van der Waals surface area (Å²) in [6, 6.07) is 8.11. The smallest absolute Gasteiger partial charge is 0.175 e. The summed E-state index contributed by atoms with van der Waals surface area (Å²) in [6.07, 6.45) is 0.859. The van der Waals surface area contributed by atoms with Crippen molar-refractivity contribution >= 4 is 5.82 Å². The summed E-state index contributed by atoms with van der Waals surface area (Å²) < 4.78 is 5.05. The SMILES string of the molecule is Cc1onc(N)c1-c1cccc(CCN)c1. The molecule has 0 saturated carbocycles. The van der Waals surface area contributed by atoms with Crippen molar-refractivity contribution in [2.45, 2.75) is 13.3 Å². The molecule has 0 aliphatic carbocycles. The van der Waals surface area contributed by atoms with Gasteiger partial charge in [0.2, 0.25) is 0 Å². The predicted octanol–water partition coefficient (Wildman–Crippen LogP) is 1.73. The van der Waals surface area contributed by atoms with Crippen LogP contribution in [0.15, 0.2) is 28.8 Å². The first-order chi connectivity index (χ1) is 7.72. The van der Waals surface area contributed by atoms with Gasteiger partial charge in [-0.25, -0.2) is 0 Å². The quantitative estimate of drug-likeness (QED) is 0.820. The Morgan fingerprint density at radius 1 is 1.38 bits per heavy atom. The van der Waals surface area contributed by atoms with Gasteiger partial charge in [0.05, 0.1) is 5.56 Å². The van der Waals surface area contributed by atoms with E-state index in [-0.39, 0.29) is 0 Å². The molecule has 0 aliphatic rings. The van der Waals surface area contributed by atoms with Gasteiger partial charge in [-0.2, -0.15) is 0 Å². The zero-order valence-corrected chi connectivity index (χ0v) is 9.23. The molecule has 4 heteroatoms. The van der Waals surface area contributed by atoms with Gasteiger partial charge in [-0.05, 0) is 31.0 Å². The summed E-state index contributed by atoms with van der Waals surface area (Å²) in [6.45, 7) is 2.50. The van der Waals surface area contributed by atoms with E-state index >= 15 is 0 Å². The second kappa shape index (κ2) is 4.37. The van der Waals surface area contributed by atoms with Crippen LogP contribution in [0, 0.1) is 6.92 Å². The van der Waals surface area contributed by atoms with E-state index in [2.05, 4.69) is 17.3 Å². The first kappa shape index (κ1) is 10.7. The molecule has 0 bridgehead atoms. The van der Waals surface area contributed by atoms with Crippen molar-refractivity contribution in [3.8, 4) is 11.1 Å². The maximum atomic E-state index is 5.77. The second-order valence-electron chi connectivity index (χ2n) is 3.74. The van der Waals surface area contributed by atoms with Crippen molar-refractivity contribution in [3.63, 3.8) is 0 Å². The number of rotatable bonds is 3. The maximum Gasteiger partial charge on any atom is 0.175 e. The largest absolute Gasteiger partial charge is 0.380 e. The topological polar surface area (TPSA) is 78.1 Å². The third-order valence-corrected chi connectivity index (χ3v) is 2.54. The van der Waals surface area contributed by atoms with Gasteiger partial charge < -0.3 is 16.0 Å². The number of benzene rings is 1. The third-order valence-electron chi connectivity index (χ3n) is 2.54. The van der Waals surface area contributed by atoms with Crippen LogP contribution in [0.3, 0.4) is 0 Å². The Hall–Kier alpha value is -1.81. The molecule has 0 aliphatic heterocycles. The summed E-state index contributed by atoms with van der Waals surface area (Å²) in [5.74, 6) is 1.17. The summed E-state index contributed by atoms with van der Waals surface area (Å²) in [5.41, 5.74) is 14.4. The van der Waals surface area contributed by atoms with Crippen LogP contribution < -0.4 is 11.5 Å². The van der Waals surface area contributed by atoms with Gasteiger partial charge in [0.25, 0.3) is 0 Å². The second-order valence-corrected chi connectivity index (χ2v) is 3.74. The fourth-order valence-corrected chi connectivity index (χ4v) is 1.79. The highest BCUT2D eigenvalue weighted by molar-refractivity contribution is 5.75. The lowest BCUT2D eigenvalue weighted by Gasteiger charge is -2.03. The molecule has 4 N–H and O–H groups in total. The molecule has 0 saturated heterocycles. The fraction of sp³-hybridized carbons (Fsp3) is 0.250. The van der Waals surface area contributed by atoms with Crippen LogP contribution in [0.25, 0.3) is 11.1 Å². The normalized spacial score (nSPS) is 10.6. The Bertz CT molecular complexity index is 471. The average Bonchev–Trinajstić information content (AvgIpc) is 2.59. The number of aromatic nitrogens is 1.